The minimum absolute atomic E-state index is 0.0702. The van der Waals surface area contributed by atoms with Gasteiger partial charge in [-0.1, -0.05) is 66.3 Å². The number of anilines is 2. The van der Waals surface area contributed by atoms with Gasteiger partial charge in [-0.25, -0.2) is 9.29 Å². The molecule has 58 heavy (non-hydrogen) atoms. The molecule has 5 aromatic carbocycles. The van der Waals surface area contributed by atoms with E-state index < -0.39 is 62.9 Å². The lowest BCUT2D eigenvalue weighted by atomic mass is 9.56. The number of alkyl halides is 2. The summed E-state index contributed by atoms with van der Waals surface area (Å²) in [5.41, 5.74) is 2.86. The fourth-order valence-electron chi connectivity index (χ4n) is 9.45. The molecule has 6 unspecified atom stereocenters. The molecule has 0 radical (unpaired) electrons. The first-order valence-corrected chi connectivity index (χ1v) is 19.5. The number of phenols is 1. The maximum absolute atomic E-state index is 14.8. The Morgan fingerprint density at radius 1 is 0.776 bits per heavy atom. The van der Waals surface area contributed by atoms with Gasteiger partial charge in [0.1, 0.15) is 23.1 Å². The van der Waals surface area contributed by atoms with E-state index in [0.717, 1.165) is 33.5 Å². The number of methoxy groups -OCH3 is 2. The molecule has 5 aromatic rings. The second-order valence-corrected chi connectivity index (χ2v) is 16.3. The van der Waals surface area contributed by atoms with Crippen LogP contribution >= 0.6 is 23.2 Å². The summed E-state index contributed by atoms with van der Waals surface area (Å²) in [5.74, 6) is -5.72. The molecule has 0 spiro atoms. The van der Waals surface area contributed by atoms with E-state index in [0.29, 0.717) is 28.1 Å². The Labute approximate surface area is 342 Å². The number of rotatable bonds is 7. The third kappa shape index (κ3) is 5.42. The number of imide groups is 2. The number of phenolic OH excluding ortho intramolecular Hbond substituents is 1. The quantitative estimate of drug-likeness (QED) is 0.0758. The van der Waals surface area contributed by atoms with Crippen LogP contribution in [0.4, 0.5) is 15.8 Å². The second kappa shape index (κ2) is 13.9. The van der Waals surface area contributed by atoms with Gasteiger partial charge in [-0.3, -0.25) is 24.1 Å². The van der Waals surface area contributed by atoms with Gasteiger partial charge in [0.15, 0.2) is 9.75 Å². The van der Waals surface area contributed by atoms with Crippen LogP contribution in [-0.2, 0) is 19.2 Å². The Balaban J connectivity index is 1.11. The summed E-state index contributed by atoms with van der Waals surface area (Å²) in [5, 5.41) is 13.0. The lowest BCUT2D eigenvalue weighted by Gasteiger charge is -2.51. The van der Waals surface area contributed by atoms with E-state index >= 15 is 0 Å². The highest BCUT2D eigenvalue weighted by atomic mass is 35.5. The van der Waals surface area contributed by atoms with E-state index in [2.05, 4.69) is 0 Å². The molecule has 2 aliphatic heterocycles. The smallest absolute Gasteiger partial charge is 0.258 e. The van der Waals surface area contributed by atoms with Gasteiger partial charge in [0.25, 0.3) is 11.8 Å². The summed E-state index contributed by atoms with van der Waals surface area (Å²) in [7, 11) is 3.17. The van der Waals surface area contributed by atoms with Crippen molar-refractivity contribution in [3.63, 3.8) is 0 Å². The topological polar surface area (TPSA) is 113 Å². The lowest BCUT2D eigenvalue weighted by molar-refractivity contribution is -0.125. The van der Waals surface area contributed by atoms with Gasteiger partial charge in [0.2, 0.25) is 11.8 Å². The van der Waals surface area contributed by atoms with Crippen molar-refractivity contribution in [2.45, 2.75) is 28.5 Å². The number of carbonyl (C=O) groups excluding carboxylic acids is 4. The lowest BCUT2D eigenvalue weighted by Crippen LogP contribution is -2.60. The molecule has 0 aromatic heterocycles. The summed E-state index contributed by atoms with van der Waals surface area (Å²) in [6.45, 7) is 0. The van der Waals surface area contributed by atoms with Crippen LogP contribution in [0.5, 0.6) is 17.2 Å². The monoisotopic (exact) mass is 816 g/mol. The van der Waals surface area contributed by atoms with Gasteiger partial charge >= 0.3 is 0 Å². The molecule has 9 rings (SSSR count). The van der Waals surface area contributed by atoms with E-state index in [1.807, 2.05) is 42.5 Å². The summed E-state index contributed by atoms with van der Waals surface area (Å²) in [6, 6.07) is 27.8. The van der Waals surface area contributed by atoms with E-state index in [1.165, 1.54) is 23.1 Å². The first kappa shape index (κ1) is 37.6. The average Bonchev–Trinajstić information content (AvgIpc) is 3.58. The molecule has 3 fully saturated rings. The molecule has 12 heteroatoms. The predicted molar refractivity (Wildman–Crippen MR) is 220 cm³/mol. The van der Waals surface area contributed by atoms with Gasteiger partial charge in [-0.2, -0.15) is 0 Å². The summed E-state index contributed by atoms with van der Waals surface area (Å²) in [4.78, 5) is 56.2. The fourth-order valence-corrected chi connectivity index (χ4v) is 10.4. The fraction of sp³-hybridized carbons (Fsp3) is 0.217. The molecule has 4 aliphatic rings. The first-order valence-electron chi connectivity index (χ1n) is 18.7. The minimum Gasteiger partial charge on any atom is -0.508 e. The number of amides is 4. The second-order valence-electron chi connectivity index (χ2n) is 15.0. The molecular formula is C46H35Cl2FN2O7. The van der Waals surface area contributed by atoms with Crippen molar-refractivity contribution in [3.05, 3.63) is 137 Å². The van der Waals surface area contributed by atoms with Gasteiger partial charge in [0.05, 0.1) is 37.4 Å². The number of halogens is 3. The van der Waals surface area contributed by atoms with E-state index in [4.69, 9.17) is 32.7 Å². The first-order chi connectivity index (χ1) is 27.9. The number of allylic oxidation sites excluding steroid dienone is 2. The highest BCUT2D eigenvalue weighted by Crippen LogP contribution is 2.67. The molecule has 6 atom stereocenters. The average molecular weight is 818 g/mol. The molecule has 0 bridgehead atoms. The number of hydrogen-bond donors (Lipinski definition) is 1. The number of nitrogens with zero attached hydrogens (tertiary/aromatic N) is 2. The zero-order valence-electron chi connectivity index (χ0n) is 31.2. The van der Waals surface area contributed by atoms with Crippen molar-refractivity contribution in [3.8, 4) is 17.2 Å². The zero-order valence-corrected chi connectivity index (χ0v) is 32.7. The highest BCUT2D eigenvalue weighted by Gasteiger charge is 2.77. The van der Waals surface area contributed by atoms with Gasteiger partial charge in [-0.15, -0.1) is 23.2 Å². The molecule has 4 amide bonds. The molecular weight excluding hydrogens is 782 g/mol. The molecule has 2 aliphatic carbocycles. The number of ether oxygens (including phenoxy) is 2. The van der Waals surface area contributed by atoms with Crippen LogP contribution in [0.2, 0.25) is 0 Å². The van der Waals surface area contributed by atoms with Crippen LogP contribution in [0.3, 0.4) is 0 Å². The van der Waals surface area contributed by atoms with Crippen molar-refractivity contribution < 1.29 is 38.1 Å². The van der Waals surface area contributed by atoms with Crippen LogP contribution in [0, 0.1) is 23.6 Å². The normalized spacial score (nSPS) is 26.5. The zero-order chi connectivity index (χ0) is 40.7. The number of fused-ring (bicyclic) bond motifs is 5. The number of carbonyl (C=O) groups is 4. The third-order valence-electron chi connectivity index (χ3n) is 12.2. The molecule has 2 saturated heterocycles. The van der Waals surface area contributed by atoms with Crippen LogP contribution in [0.25, 0.3) is 22.9 Å². The Hall–Kier alpha value is -5.97. The van der Waals surface area contributed by atoms with Gasteiger partial charge in [0, 0.05) is 17.0 Å². The van der Waals surface area contributed by atoms with Crippen LogP contribution in [0.15, 0.2) is 115 Å². The van der Waals surface area contributed by atoms with E-state index in [1.54, 1.807) is 62.8 Å². The Morgan fingerprint density at radius 2 is 1.48 bits per heavy atom. The molecule has 1 saturated carbocycles. The third-order valence-corrected chi connectivity index (χ3v) is 13.6. The predicted octanol–water partition coefficient (Wildman–Crippen LogP) is 8.64. The van der Waals surface area contributed by atoms with Crippen LogP contribution < -0.4 is 19.3 Å². The Bertz CT molecular complexity index is 2630. The minimum atomic E-state index is -2.19. The van der Waals surface area contributed by atoms with Gasteiger partial charge < -0.3 is 14.6 Å². The van der Waals surface area contributed by atoms with Crippen molar-refractivity contribution in [2.75, 3.05) is 24.0 Å². The van der Waals surface area contributed by atoms with Crippen molar-refractivity contribution in [2.24, 2.45) is 17.8 Å². The van der Waals surface area contributed by atoms with Crippen molar-refractivity contribution in [1.82, 2.24) is 0 Å². The molecule has 292 valence electrons. The number of benzene rings is 5. The SMILES string of the molecule is COc1ccc(OC)c(C=Cc2ccc(N3C(=O)C4CC=C5C(CC6(Cl)C(=O)N(c7ccc(F)cc7)C(=O)C6(Cl)C5c5c(O)ccc6ccccc56)C4C3=O)cc2)c1. The number of aromatic hydroxyl groups is 1. The maximum Gasteiger partial charge on any atom is 0.258 e. The summed E-state index contributed by atoms with van der Waals surface area (Å²) >= 11 is 15.1. The highest BCUT2D eigenvalue weighted by molar-refractivity contribution is 6.58. The standard InChI is InChI=1S/C46H35Cl2FN2O7/c1-57-31-18-22-37(58-2)27(23-31)10-7-25-8-14-29(15-9-25)50-41(53)34-20-19-33-35(38(34)42(50)54)24-45(47)43(55)51(30-16-12-28(49)13-17-30)44(56)46(45,48)40(33)39-32-6-4-3-5-26(32)11-21-36(39)52/h3-19,21-23,34-35,38,40,52H,20,24H2,1-2H3. The van der Waals surface area contributed by atoms with Crippen molar-refractivity contribution in [1.29, 1.82) is 0 Å². The van der Waals surface area contributed by atoms with Gasteiger partial charge in [-0.05, 0) is 95.8 Å². The summed E-state index contributed by atoms with van der Waals surface area (Å²) < 4.78 is 24.9. The Kier molecular flexibility index (Phi) is 8.98. The molecule has 2 heterocycles. The summed E-state index contributed by atoms with van der Waals surface area (Å²) in [6.07, 6.45) is 5.48. The van der Waals surface area contributed by atoms with Crippen molar-refractivity contribution >= 4 is 81.1 Å². The van der Waals surface area contributed by atoms with E-state index in [-0.39, 0.29) is 29.8 Å². The van der Waals surface area contributed by atoms with Crippen LogP contribution in [0.1, 0.15) is 35.4 Å². The Morgan fingerprint density at radius 3 is 2.21 bits per heavy atom. The number of hydrogen-bond acceptors (Lipinski definition) is 7. The molecule has 9 nitrogen and oxygen atoms in total. The van der Waals surface area contributed by atoms with E-state index in [9.17, 15) is 28.7 Å². The van der Waals surface area contributed by atoms with Crippen LogP contribution in [-0.4, -0.2) is 52.7 Å². The maximum atomic E-state index is 14.8. The largest absolute Gasteiger partial charge is 0.508 e. The molecule has 1 N–H and O–H groups in total.